The fourth-order valence-electron chi connectivity index (χ4n) is 2.70. The summed E-state index contributed by atoms with van der Waals surface area (Å²) in [6, 6.07) is 17.6. The van der Waals surface area contributed by atoms with Gasteiger partial charge in [0.25, 0.3) is 0 Å². The van der Waals surface area contributed by atoms with E-state index in [0.29, 0.717) is 25.7 Å². The molecule has 166 valence electrons. The van der Waals surface area contributed by atoms with Crippen LogP contribution in [0.15, 0.2) is 59.6 Å². The highest BCUT2D eigenvalue weighted by atomic mass is 127. The maximum Gasteiger partial charge on any atom is 0.191 e. The lowest BCUT2D eigenvalue weighted by molar-refractivity contribution is 0.125. The zero-order valence-corrected chi connectivity index (χ0v) is 20.3. The average Bonchev–Trinajstić information content (AvgIpc) is 2.72. The molecule has 0 aliphatic heterocycles. The zero-order valence-electron chi connectivity index (χ0n) is 18.0. The van der Waals surface area contributed by atoms with E-state index in [1.165, 1.54) is 0 Å². The van der Waals surface area contributed by atoms with Crippen LogP contribution in [-0.2, 0) is 11.3 Å². The minimum absolute atomic E-state index is 0. The Hall–Kier alpha value is -1.84. The van der Waals surface area contributed by atoms with Crippen LogP contribution in [0, 0.1) is 0 Å². The van der Waals surface area contributed by atoms with E-state index in [0.717, 1.165) is 23.4 Å². The molecule has 0 aliphatic carbocycles. The van der Waals surface area contributed by atoms with Crippen molar-refractivity contribution >= 4 is 29.9 Å². The largest absolute Gasteiger partial charge is 0.491 e. The van der Waals surface area contributed by atoms with Gasteiger partial charge in [-0.1, -0.05) is 42.5 Å². The normalized spacial score (nSPS) is 12.2. The van der Waals surface area contributed by atoms with Crippen molar-refractivity contribution < 1.29 is 14.6 Å². The van der Waals surface area contributed by atoms with Crippen LogP contribution in [0.1, 0.15) is 38.0 Å². The predicted octanol–water partition coefficient (Wildman–Crippen LogP) is 3.90. The maximum atomic E-state index is 10.5. The molecule has 0 radical (unpaired) electrons. The van der Waals surface area contributed by atoms with Crippen molar-refractivity contribution in [3.8, 4) is 5.75 Å². The number of aliphatic imine (C=N–C) groups is 1. The number of aliphatic hydroxyl groups is 1. The highest BCUT2D eigenvalue weighted by Gasteiger charge is 2.09. The summed E-state index contributed by atoms with van der Waals surface area (Å²) in [6.45, 7) is 8.74. The average molecular weight is 527 g/mol. The van der Waals surface area contributed by atoms with E-state index in [4.69, 9.17) is 9.47 Å². The minimum atomic E-state index is -0.699. The maximum absolute atomic E-state index is 10.5. The van der Waals surface area contributed by atoms with Crippen LogP contribution in [0.4, 0.5) is 0 Å². The Morgan fingerprint density at radius 1 is 1.07 bits per heavy atom. The third kappa shape index (κ3) is 10.3. The van der Waals surface area contributed by atoms with Gasteiger partial charge >= 0.3 is 0 Å². The van der Waals surface area contributed by atoms with E-state index in [1.54, 1.807) is 0 Å². The molecule has 3 N–H and O–H groups in total. The van der Waals surface area contributed by atoms with E-state index in [1.807, 2.05) is 75.4 Å². The van der Waals surface area contributed by atoms with Gasteiger partial charge in [-0.05, 0) is 44.0 Å². The van der Waals surface area contributed by atoms with Gasteiger partial charge in [-0.2, -0.15) is 0 Å². The lowest BCUT2D eigenvalue weighted by atomic mass is 10.1. The number of hydrogen-bond acceptors (Lipinski definition) is 4. The fourth-order valence-corrected chi connectivity index (χ4v) is 2.70. The summed E-state index contributed by atoms with van der Waals surface area (Å²) in [5.41, 5.74) is 1.94. The molecule has 2 aromatic rings. The Balaban J connectivity index is 0.00000450. The first-order valence-electron chi connectivity index (χ1n) is 10.2. The van der Waals surface area contributed by atoms with Crippen LogP contribution in [-0.4, -0.2) is 43.4 Å². The number of guanidine groups is 1. The zero-order chi connectivity index (χ0) is 20.9. The molecule has 0 heterocycles. The van der Waals surface area contributed by atoms with Crippen molar-refractivity contribution in [2.24, 2.45) is 4.99 Å². The molecular weight excluding hydrogens is 493 g/mol. The number of aliphatic hydroxyl groups excluding tert-OH is 1. The number of halogens is 1. The first-order valence-corrected chi connectivity index (χ1v) is 10.2. The van der Waals surface area contributed by atoms with Gasteiger partial charge in [-0.15, -0.1) is 24.0 Å². The predicted molar refractivity (Wildman–Crippen MR) is 133 cm³/mol. The van der Waals surface area contributed by atoms with Crippen molar-refractivity contribution in [3.63, 3.8) is 0 Å². The molecule has 30 heavy (non-hydrogen) atoms. The summed E-state index contributed by atoms with van der Waals surface area (Å²) in [6.07, 6.45) is -0.607. The van der Waals surface area contributed by atoms with Gasteiger partial charge in [0, 0.05) is 13.1 Å². The highest BCUT2D eigenvalue weighted by Crippen LogP contribution is 2.20. The molecule has 6 nitrogen and oxygen atoms in total. The van der Waals surface area contributed by atoms with Crippen molar-refractivity contribution in [3.05, 3.63) is 65.7 Å². The molecule has 0 bridgehead atoms. The molecule has 2 rings (SSSR count). The summed E-state index contributed by atoms with van der Waals surface area (Å²) in [5.74, 6) is 1.41. The first kappa shape index (κ1) is 26.2. The van der Waals surface area contributed by atoms with E-state index < -0.39 is 6.10 Å². The number of ether oxygens (including phenoxy) is 2. The molecule has 0 aromatic heterocycles. The van der Waals surface area contributed by atoms with Crippen LogP contribution >= 0.6 is 24.0 Å². The molecule has 0 saturated carbocycles. The SMILES string of the molecule is CCNC(=NCC(O)c1cccc(OC(C)C)c1)NCCOCc1ccccc1.I. The third-order valence-electron chi connectivity index (χ3n) is 4.03. The molecule has 7 heteroatoms. The molecule has 0 saturated heterocycles. The van der Waals surface area contributed by atoms with Crippen LogP contribution in [0.2, 0.25) is 0 Å². The van der Waals surface area contributed by atoms with Crippen molar-refractivity contribution in [1.82, 2.24) is 10.6 Å². The van der Waals surface area contributed by atoms with Gasteiger partial charge in [-0.25, -0.2) is 0 Å². The topological polar surface area (TPSA) is 75.1 Å². The number of nitrogens with one attached hydrogen (secondary N) is 2. The molecule has 0 fully saturated rings. The molecule has 0 spiro atoms. The number of nitrogens with zero attached hydrogens (tertiary/aromatic N) is 1. The van der Waals surface area contributed by atoms with Gasteiger partial charge in [0.2, 0.25) is 0 Å². The van der Waals surface area contributed by atoms with Gasteiger partial charge in [0.15, 0.2) is 5.96 Å². The fraction of sp³-hybridized carbons (Fsp3) is 0.435. The van der Waals surface area contributed by atoms with Crippen LogP contribution in [0.5, 0.6) is 5.75 Å². The molecule has 0 amide bonds. The smallest absolute Gasteiger partial charge is 0.191 e. The Labute approximate surface area is 197 Å². The van der Waals surface area contributed by atoms with E-state index in [9.17, 15) is 5.11 Å². The molecule has 2 aromatic carbocycles. The number of hydrogen-bond donors (Lipinski definition) is 3. The second kappa shape index (κ2) is 15.0. The standard InChI is InChI=1S/C23H33N3O3.HI/c1-4-24-23(25-13-14-28-17-19-9-6-5-7-10-19)26-16-22(27)20-11-8-12-21(15-20)29-18(2)3;/h5-12,15,18,22,27H,4,13-14,16-17H2,1-3H3,(H2,24,25,26);1H. The monoisotopic (exact) mass is 527 g/mol. The van der Waals surface area contributed by atoms with E-state index >= 15 is 0 Å². The van der Waals surface area contributed by atoms with E-state index in [-0.39, 0.29) is 36.6 Å². The summed E-state index contributed by atoms with van der Waals surface area (Å²) in [7, 11) is 0. The lowest BCUT2D eigenvalue weighted by Gasteiger charge is -2.15. The Bertz CT molecular complexity index is 741. The first-order chi connectivity index (χ1) is 14.1. The summed E-state index contributed by atoms with van der Waals surface area (Å²) < 4.78 is 11.4. The van der Waals surface area contributed by atoms with Gasteiger partial charge in [0.1, 0.15) is 5.75 Å². The molecule has 0 aliphatic rings. The number of rotatable bonds is 11. The second-order valence-corrected chi connectivity index (χ2v) is 6.94. The van der Waals surface area contributed by atoms with E-state index in [2.05, 4.69) is 15.6 Å². The quantitative estimate of drug-likeness (QED) is 0.179. The van der Waals surface area contributed by atoms with Gasteiger partial charge in [0.05, 0.1) is 32.0 Å². The van der Waals surface area contributed by atoms with Crippen molar-refractivity contribution in [1.29, 1.82) is 0 Å². The van der Waals surface area contributed by atoms with Crippen LogP contribution in [0.3, 0.4) is 0 Å². The molecular formula is C23H34IN3O3. The number of benzene rings is 2. The minimum Gasteiger partial charge on any atom is -0.491 e. The Morgan fingerprint density at radius 2 is 1.83 bits per heavy atom. The summed E-state index contributed by atoms with van der Waals surface area (Å²) >= 11 is 0. The van der Waals surface area contributed by atoms with Crippen molar-refractivity contribution in [2.45, 2.75) is 39.6 Å². The Kier molecular flexibility index (Phi) is 13.1. The van der Waals surface area contributed by atoms with Crippen molar-refractivity contribution in [2.75, 3.05) is 26.2 Å². The lowest BCUT2D eigenvalue weighted by Crippen LogP contribution is -2.39. The van der Waals surface area contributed by atoms with Gasteiger partial charge in [-0.3, -0.25) is 4.99 Å². The molecule has 1 atom stereocenters. The second-order valence-electron chi connectivity index (χ2n) is 6.94. The third-order valence-corrected chi connectivity index (χ3v) is 4.03. The highest BCUT2D eigenvalue weighted by molar-refractivity contribution is 14.0. The van der Waals surface area contributed by atoms with Crippen LogP contribution < -0.4 is 15.4 Å². The summed E-state index contributed by atoms with van der Waals surface area (Å²) in [4.78, 5) is 4.48. The van der Waals surface area contributed by atoms with Gasteiger partial charge < -0.3 is 25.2 Å². The van der Waals surface area contributed by atoms with Crippen LogP contribution in [0.25, 0.3) is 0 Å². The molecule has 1 unspecified atom stereocenters. The summed E-state index contributed by atoms with van der Waals surface area (Å²) in [5, 5.41) is 16.9. The Morgan fingerprint density at radius 3 is 2.53 bits per heavy atom.